The van der Waals surface area contributed by atoms with E-state index in [0.717, 1.165) is 30.6 Å². The third-order valence-corrected chi connectivity index (χ3v) is 3.62. The van der Waals surface area contributed by atoms with Gasteiger partial charge in [-0.3, -0.25) is 4.79 Å². The molecule has 1 N–H and O–H groups in total. The Bertz CT molecular complexity index is 607. The van der Waals surface area contributed by atoms with Crippen molar-refractivity contribution in [3.8, 4) is 11.4 Å². The van der Waals surface area contributed by atoms with Gasteiger partial charge in [0.05, 0.1) is 12.7 Å². The number of nitrogens with zero attached hydrogens (tertiary/aromatic N) is 2. The smallest absolute Gasteiger partial charge is 0.246 e. The summed E-state index contributed by atoms with van der Waals surface area (Å²) in [5.74, 6) is 0.411. The van der Waals surface area contributed by atoms with Crippen LogP contribution in [0.2, 0.25) is 0 Å². The Kier molecular flexibility index (Phi) is 5.33. The number of rotatable bonds is 7. The van der Waals surface area contributed by atoms with Gasteiger partial charge >= 0.3 is 0 Å². The molecule has 0 bridgehead atoms. The number of ether oxygens (including phenoxy) is 2. The number of hydrogen-bond donors (Lipinski definition) is 1. The molecule has 1 atom stereocenters. The largest absolute Gasteiger partial charge is 0.376 e. The highest BCUT2D eigenvalue weighted by atomic mass is 16.5. The van der Waals surface area contributed by atoms with E-state index in [1.165, 1.54) is 6.39 Å². The van der Waals surface area contributed by atoms with Crippen LogP contribution in [0.15, 0.2) is 35.2 Å². The number of nitrogens with one attached hydrogen (secondary N) is 1. The second kappa shape index (κ2) is 7.85. The van der Waals surface area contributed by atoms with Crippen molar-refractivity contribution in [2.75, 3.05) is 19.8 Å². The number of aromatic nitrogens is 2. The molecule has 122 valence electrons. The lowest BCUT2D eigenvalue weighted by atomic mass is 10.1. The van der Waals surface area contributed by atoms with Crippen molar-refractivity contribution in [1.82, 2.24) is 15.5 Å². The molecular formula is C16H19N3O4. The van der Waals surface area contributed by atoms with E-state index in [-0.39, 0.29) is 18.6 Å². The van der Waals surface area contributed by atoms with E-state index in [0.29, 0.717) is 19.0 Å². The molecule has 2 aromatic rings. The Morgan fingerprint density at radius 3 is 2.91 bits per heavy atom. The standard InChI is InChI=1S/C16H19N3O4/c20-15(10-21-9-14-2-1-7-22-14)17-8-12-3-5-13(6-4-12)16-18-11-23-19-16/h3-6,11,14H,1-2,7-10H2,(H,17,20)/t14-/m1/s1. The summed E-state index contributed by atoms with van der Waals surface area (Å²) in [5, 5.41) is 6.60. The van der Waals surface area contributed by atoms with Crippen LogP contribution in [0.3, 0.4) is 0 Å². The van der Waals surface area contributed by atoms with Gasteiger partial charge in [-0.2, -0.15) is 4.98 Å². The maximum atomic E-state index is 11.7. The molecule has 1 aliphatic rings. The lowest BCUT2D eigenvalue weighted by Crippen LogP contribution is -2.28. The van der Waals surface area contributed by atoms with Crippen LogP contribution in [0, 0.1) is 0 Å². The summed E-state index contributed by atoms with van der Waals surface area (Å²) in [7, 11) is 0. The Labute approximate surface area is 134 Å². The molecule has 1 aromatic carbocycles. The minimum atomic E-state index is -0.134. The van der Waals surface area contributed by atoms with Gasteiger partial charge in [-0.05, 0) is 18.4 Å². The first-order valence-corrected chi connectivity index (χ1v) is 7.63. The average Bonchev–Trinajstić information content (AvgIpc) is 3.27. The van der Waals surface area contributed by atoms with E-state index >= 15 is 0 Å². The molecule has 1 aliphatic heterocycles. The second-order valence-electron chi connectivity index (χ2n) is 5.38. The van der Waals surface area contributed by atoms with Crippen molar-refractivity contribution >= 4 is 5.91 Å². The fourth-order valence-corrected chi connectivity index (χ4v) is 2.38. The Balaban J connectivity index is 1.38. The van der Waals surface area contributed by atoms with Gasteiger partial charge in [0.15, 0.2) is 0 Å². The number of amides is 1. The summed E-state index contributed by atoms with van der Waals surface area (Å²) >= 11 is 0. The molecule has 1 saturated heterocycles. The average molecular weight is 317 g/mol. The fourth-order valence-electron chi connectivity index (χ4n) is 2.38. The first-order valence-electron chi connectivity index (χ1n) is 7.63. The number of carbonyl (C=O) groups is 1. The van der Waals surface area contributed by atoms with Gasteiger partial charge in [-0.1, -0.05) is 29.4 Å². The lowest BCUT2D eigenvalue weighted by molar-refractivity contribution is -0.127. The molecular weight excluding hydrogens is 298 g/mol. The van der Waals surface area contributed by atoms with E-state index in [1.54, 1.807) is 0 Å². The van der Waals surface area contributed by atoms with E-state index in [4.69, 9.17) is 14.0 Å². The van der Waals surface area contributed by atoms with Crippen LogP contribution >= 0.6 is 0 Å². The molecule has 2 heterocycles. The molecule has 0 spiro atoms. The van der Waals surface area contributed by atoms with Crippen molar-refractivity contribution in [2.45, 2.75) is 25.5 Å². The summed E-state index contributed by atoms with van der Waals surface area (Å²) in [6.45, 7) is 1.78. The summed E-state index contributed by atoms with van der Waals surface area (Å²) < 4.78 is 15.5. The van der Waals surface area contributed by atoms with E-state index in [9.17, 15) is 4.79 Å². The number of benzene rings is 1. The van der Waals surface area contributed by atoms with Gasteiger partial charge in [-0.15, -0.1) is 0 Å². The van der Waals surface area contributed by atoms with Crippen molar-refractivity contribution in [3.63, 3.8) is 0 Å². The van der Waals surface area contributed by atoms with Crippen LogP contribution < -0.4 is 5.32 Å². The summed E-state index contributed by atoms with van der Waals surface area (Å²) in [6.07, 6.45) is 3.51. The maximum Gasteiger partial charge on any atom is 0.246 e. The Hall–Kier alpha value is -2.25. The molecule has 0 unspecified atom stereocenters. The van der Waals surface area contributed by atoms with Crippen molar-refractivity contribution in [1.29, 1.82) is 0 Å². The zero-order valence-electron chi connectivity index (χ0n) is 12.7. The Morgan fingerprint density at radius 1 is 1.35 bits per heavy atom. The molecule has 0 radical (unpaired) electrons. The van der Waals surface area contributed by atoms with E-state index in [1.807, 2.05) is 24.3 Å². The summed E-state index contributed by atoms with van der Waals surface area (Å²) in [5.41, 5.74) is 1.86. The minimum Gasteiger partial charge on any atom is -0.376 e. The van der Waals surface area contributed by atoms with Crippen molar-refractivity contribution in [2.24, 2.45) is 0 Å². The predicted octanol–water partition coefficient (Wildman–Crippen LogP) is 1.55. The first kappa shape index (κ1) is 15.6. The van der Waals surface area contributed by atoms with E-state index < -0.39 is 0 Å². The molecule has 1 fully saturated rings. The normalized spacial score (nSPS) is 17.3. The van der Waals surface area contributed by atoms with Gasteiger partial charge in [0, 0.05) is 18.7 Å². The van der Waals surface area contributed by atoms with Gasteiger partial charge in [0.25, 0.3) is 0 Å². The molecule has 23 heavy (non-hydrogen) atoms. The lowest BCUT2D eigenvalue weighted by Gasteiger charge is -2.10. The Morgan fingerprint density at radius 2 is 2.22 bits per heavy atom. The summed E-state index contributed by atoms with van der Waals surface area (Å²) in [6, 6.07) is 7.61. The topological polar surface area (TPSA) is 86.5 Å². The maximum absolute atomic E-state index is 11.7. The predicted molar refractivity (Wildman–Crippen MR) is 81.4 cm³/mol. The third kappa shape index (κ3) is 4.61. The van der Waals surface area contributed by atoms with Gasteiger partial charge in [0.2, 0.25) is 18.1 Å². The molecule has 1 aromatic heterocycles. The SMILES string of the molecule is O=C(COC[C@H]1CCCO1)NCc1ccc(-c2ncon2)cc1. The molecule has 3 rings (SSSR count). The fraction of sp³-hybridized carbons (Fsp3) is 0.438. The molecule has 0 saturated carbocycles. The summed E-state index contributed by atoms with van der Waals surface area (Å²) in [4.78, 5) is 15.7. The van der Waals surface area contributed by atoms with E-state index in [2.05, 4.69) is 15.5 Å². The number of hydrogen-bond acceptors (Lipinski definition) is 6. The van der Waals surface area contributed by atoms with Gasteiger partial charge in [0.1, 0.15) is 6.61 Å². The molecule has 0 aliphatic carbocycles. The van der Waals surface area contributed by atoms with Crippen LogP contribution in [-0.4, -0.2) is 42.0 Å². The minimum absolute atomic E-state index is 0.0564. The highest BCUT2D eigenvalue weighted by Gasteiger charge is 2.15. The van der Waals surface area contributed by atoms with Crippen LogP contribution in [0.5, 0.6) is 0 Å². The third-order valence-electron chi connectivity index (χ3n) is 3.62. The highest BCUT2D eigenvalue weighted by molar-refractivity contribution is 5.77. The monoisotopic (exact) mass is 317 g/mol. The second-order valence-corrected chi connectivity index (χ2v) is 5.38. The van der Waals surface area contributed by atoms with Gasteiger partial charge in [-0.25, -0.2) is 0 Å². The zero-order chi connectivity index (χ0) is 15.9. The zero-order valence-corrected chi connectivity index (χ0v) is 12.7. The van der Waals surface area contributed by atoms with Crippen LogP contribution in [0.25, 0.3) is 11.4 Å². The van der Waals surface area contributed by atoms with Crippen LogP contribution in [0.4, 0.5) is 0 Å². The first-order chi connectivity index (χ1) is 11.3. The molecule has 7 heteroatoms. The van der Waals surface area contributed by atoms with Crippen molar-refractivity contribution < 1.29 is 18.8 Å². The van der Waals surface area contributed by atoms with Crippen molar-refractivity contribution in [3.05, 3.63) is 36.2 Å². The van der Waals surface area contributed by atoms with Crippen LogP contribution in [-0.2, 0) is 20.8 Å². The quantitative estimate of drug-likeness (QED) is 0.834. The molecule has 1 amide bonds. The number of carbonyl (C=O) groups excluding carboxylic acids is 1. The van der Waals surface area contributed by atoms with Gasteiger partial charge < -0.3 is 19.3 Å². The molecule has 7 nitrogen and oxygen atoms in total. The highest BCUT2D eigenvalue weighted by Crippen LogP contribution is 2.15. The van der Waals surface area contributed by atoms with Crippen LogP contribution in [0.1, 0.15) is 18.4 Å².